The summed E-state index contributed by atoms with van der Waals surface area (Å²) in [6.07, 6.45) is 0.969. The molecule has 0 aromatic rings. The maximum absolute atomic E-state index is 10.3. The fraction of sp³-hybridized carbons (Fsp3) is 0.917. The van der Waals surface area contributed by atoms with E-state index in [1.165, 1.54) is 0 Å². The van der Waals surface area contributed by atoms with Crippen molar-refractivity contribution in [3.05, 3.63) is 0 Å². The molecule has 0 aliphatic rings. The van der Waals surface area contributed by atoms with Crippen LogP contribution in [0, 0.1) is 0 Å². The highest BCUT2D eigenvalue weighted by atomic mass is 16.6. The molecule has 1 N–H and O–H groups in total. The molecule has 0 fully saturated rings. The Morgan fingerprint density at radius 3 is 2.35 bits per heavy atom. The third-order valence-electron chi connectivity index (χ3n) is 2.03. The highest BCUT2D eigenvalue weighted by Crippen LogP contribution is 1.99. The number of rotatable bonds is 11. The van der Waals surface area contributed by atoms with Gasteiger partial charge in [-0.25, -0.2) is 0 Å². The second kappa shape index (κ2) is 10.5. The SMILES string of the molecule is CCCOCC(C)OCC(C)OCCC(=O)O. The van der Waals surface area contributed by atoms with E-state index in [1.807, 2.05) is 13.8 Å². The van der Waals surface area contributed by atoms with Crippen molar-refractivity contribution in [3.8, 4) is 0 Å². The summed E-state index contributed by atoms with van der Waals surface area (Å²) in [7, 11) is 0. The number of ether oxygens (including phenoxy) is 3. The monoisotopic (exact) mass is 248 g/mol. The Morgan fingerprint density at radius 2 is 1.76 bits per heavy atom. The van der Waals surface area contributed by atoms with Crippen LogP contribution in [-0.4, -0.2) is 49.7 Å². The van der Waals surface area contributed by atoms with E-state index >= 15 is 0 Å². The van der Waals surface area contributed by atoms with E-state index in [0.29, 0.717) is 13.2 Å². The fourth-order valence-electron chi connectivity index (χ4n) is 1.14. The number of hydrogen-bond donors (Lipinski definition) is 1. The van der Waals surface area contributed by atoms with E-state index < -0.39 is 5.97 Å². The molecule has 0 heterocycles. The predicted octanol–water partition coefficient (Wildman–Crippen LogP) is 1.70. The van der Waals surface area contributed by atoms with Gasteiger partial charge in [-0.05, 0) is 20.3 Å². The van der Waals surface area contributed by atoms with Crippen LogP contribution >= 0.6 is 0 Å². The molecule has 5 heteroatoms. The third-order valence-corrected chi connectivity index (χ3v) is 2.03. The lowest BCUT2D eigenvalue weighted by molar-refractivity contribution is -0.139. The average molecular weight is 248 g/mol. The first-order chi connectivity index (χ1) is 8.06. The van der Waals surface area contributed by atoms with E-state index in [4.69, 9.17) is 19.3 Å². The molecule has 0 spiro atoms. The average Bonchev–Trinajstić information content (AvgIpc) is 2.26. The lowest BCUT2D eigenvalue weighted by atomic mass is 10.4. The lowest BCUT2D eigenvalue weighted by Gasteiger charge is -2.17. The Hall–Kier alpha value is -0.650. The van der Waals surface area contributed by atoms with E-state index in [-0.39, 0.29) is 25.2 Å². The Kier molecular flexibility index (Phi) is 10.1. The Labute approximate surface area is 103 Å². The summed E-state index contributed by atoms with van der Waals surface area (Å²) in [4.78, 5) is 10.3. The van der Waals surface area contributed by atoms with Crippen LogP contribution in [-0.2, 0) is 19.0 Å². The number of carboxylic acids is 1. The second-order valence-corrected chi connectivity index (χ2v) is 4.04. The third kappa shape index (κ3) is 11.6. The molecule has 0 rings (SSSR count). The lowest BCUT2D eigenvalue weighted by Crippen LogP contribution is -2.24. The van der Waals surface area contributed by atoms with Crippen molar-refractivity contribution in [2.75, 3.05) is 26.4 Å². The zero-order valence-electron chi connectivity index (χ0n) is 11.0. The molecule has 0 amide bonds. The van der Waals surface area contributed by atoms with E-state index in [0.717, 1.165) is 13.0 Å². The largest absolute Gasteiger partial charge is 0.481 e. The number of carboxylic acid groups (broad SMARTS) is 1. The van der Waals surface area contributed by atoms with Crippen molar-refractivity contribution in [2.45, 2.75) is 45.8 Å². The van der Waals surface area contributed by atoms with Crippen molar-refractivity contribution in [1.82, 2.24) is 0 Å². The maximum atomic E-state index is 10.3. The van der Waals surface area contributed by atoms with Gasteiger partial charge in [0.1, 0.15) is 0 Å². The van der Waals surface area contributed by atoms with Crippen molar-refractivity contribution >= 4 is 5.97 Å². The molecule has 0 bridgehead atoms. The summed E-state index contributed by atoms with van der Waals surface area (Å²) in [6, 6.07) is 0. The highest BCUT2D eigenvalue weighted by Gasteiger charge is 2.08. The molecule has 102 valence electrons. The summed E-state index contributed by atoms with van der Waals surface area (Å²) in [6.45, 7) is 7.87. The van der Waals surface area contributed by atoms with Gasteiger partial charge in [-0.3, -0.25) is 4.79 Å². The molecule has 17 heavy (non-hydrogen) atoms. The van der Waals surface area contributed by atoms with Crippen molar-refractivity contribution in [1.29, 1.82) is 0 Å². The number of hydrogen-bond acceptors (Lipinski definition) is 4. The first-order valence-corrected chi connectivity index (χ1v) is 6.09. The van der Waals surface area contributed by atoms with Gasteiger partial charge < -0.3 is 19.3 Å². The van der Waals surface area contributed by atoms with Gasteiger partial charge in [-0.15, -0.1) is 0 Å². The van der Waals surface area contributed by atoms with Crippen molar-refractivity contribution in [3.63, 3.8) is 0 Å². The van der Waals surface area contributed by atoms with Gasteiger partial charge in [0.15, 0.2) is 0 Å². The zero-order valence-corrected chi connectivity index (χ0v) is 11.0. The van der Waals surface area contributed by atoms with Crippen molar-refractivity contribution in [2.24, 2.45) is 0 Å². The zero-order chi connectivity index (χ0) is 13.1. The molecular weight excluding hydrogens is 224 g/mol. The summed E-state index contributed by atoms with van der Waals surface area (Å²) < 4.78 is 16.1. The first-order valence-electron chi connectivity index (χ1n) is 6.09. The van der Waals surface area contributed by atoms with E-state index in [9.17, 15) is 4.79 Å². The molecule has 0 aliphatic carbocycles. The van der Waals surface area contributed by atoms with Crippen LogP contribution in [0.1, 0.15) is 33.6 Å². The van der Waals surface area contributed by atoms with Gasteiger partial charge in [0.05, 0.1) is 38.4 Å². The van der Waals surface area contributed by atoms with Gasteiger partial charge in [0.2, 0.25) is 0 Å². The first kappa shape index (κ1) is 16.4. The van der Waals surface area contributed by atoms with Crippen LogP contribution in [0.3, 0.4) is 0 Å². The van der Waals surface area contributed by atoms with Gasteiger partial charge >= 0.3 is 5.97 Å². The summed E-state index contributed by atoms with van der Waals surface area (Å²) in [5.41, 5.74) is 0. The molecular formula is C12H24O5. The smallest absolute Gasteiger partial charge is 0.305 e. The summed E-state index contributed by atoms with van der Waals surface area (Å²) in [5, 5.41) is 8.44. The standard InChI is InChI=1S/C12H24O5/c1-4-6-15-8-10(2)17-9-11(3)16-7-5-12(13)14/h10-11H,4-9H2,1-3H3,(H,13,14). The quantitative estimate of drug-likeness (QED) is 0.564. The summed E-state index contributed by atoms with van der Waals surface area (Å²) in [5.74, 6) is -0.848. The molecule has 0 saturated carbocycles. The van der Waals surface area contributed by atoms with Crippen LogP contribution in [0.15, 0.2) is 0 Å². The van der Waals surface area contributed by atoms with Gasteiger partial charge in [0.25, 0.3) is 0 Å². The molecule has 0 saturated heterocycles. The molecule has 0 aromatic carbocycles. The van der Waals surface area contributed by atoms with Crippen LogP contribution in [0.2, 0.25) is 0 Å². The maximum Gasteiger partial charge on any atom is 0.305 e. The predicted molar refractivity (Wildman–Crippen MR) is 64.2 cm³/mol. The Morgan fingerprint density at radius 1 is 1.12 bits per heavy atom. The molecule has 2 unspecified atom stereocenters. The number of aliphatic carboxylic acids is 1. The normalized spacial score (nSPS) is 14.5. The van der Waals surface area contributed by atoms with Crippen molar-refractivity contribution < 1.29 is 24.1 Å². The van der Waals surface area contributed by atoms with Crippen LogP contribution in [0.4, 0.5) is 0 Å². The number of carbonyl (C=O) groups is 1. The Bertz CT molecular complexity index is 195. The van der Waals surface area contributed by atoms with E-state index in [2.05, 4.69) is 6.92 Å². The van der Waals surface area contributed by atoms with Crippen LogP contribution < -0.4 is 0 Å². The van der Waals surface area contributed by atoms with Gasteiger partial charge in [-0.1, -0.05) is 6.92 Å². The minimum Gasteiger partial charge on any atom is -0.481 e. The topological polar surface area (TPSA) is 65.0 Å². The minimum atomic E-state index is -0.848. The van der Waals surface area contributed by atoms with E-state index in [1.54, 1.807) is 0 Å². The second-order valence-electron chi connectivity index (χ2n) is 4.04. The van der Waals surface area contributed by atoms with Gasteiger partial charge in [0, 0.05) is 6.61 Å². The van der Waals surface area contributed by atoms with Crippen LogP contribution in [0.5, 0.6) is 0 Å². The summed E-state index contributed by atoms with van der Waals surface area (Å²) >= 11 is 0. The molecule has 5 nitrogen and oxygen atoms in total. The molecule has 0 aliphatic heterocycles. The molecule has 2 atom stereocenters. The van der Waals surface area contributed by atoms with Crippen LogP contribution in [0.25, 0.3) is 0 Å². The highest BCUT2D eigenvalue weighted by molar-refractivity contribution is 5.66. The minimum absolute atomic E-state index is 0.0273. The molecule has 0 radical (unpaired) electrons. The fourth-order valence-corrected chi connectivity index (χ4v) is 1.14. The Balaban J connectivity index is 3.41. The van der Waals surface area contributed by atoms with Gasteiger partial charge in [-0.2, -0.15) is 0 Å². The molecule has 0 aromatic heterocycles.